The summed E-state index contributed by atoms with van der Waals surface area (Å²) in [6, 6.07) is 9.94. The first-order valence-electron chi connectivity index (χ1n) is 10.5. The van der Waals surface area contributed by atoms with Gasteiger partial charge in [0.25, 0.3) is 5.91 Å². The Morgan fingerprint density at radius 1 is 1.04 bits per heavy atom. The van der Waals surface area contributed by atoms with Crippen LogP contribution in [0.25, 0.3) is 0 Å². The van der Waals surface area contributed by atoms with Gasteiger partial charge in [-0.3, -0.25) is 9.59 Å². The number of carbonyl (C=O) groups excluding carboxylic acids is 2. The van der Waals surface area contributed by atoms with Crippen LogP contribution in [0.4, 0.5) is 0 Å². The van der Waals surface area contributed by atoms with Crippen molar-refractivity contribution in [2.24, 2.45) is 17.8 Å². The van der Waals surface area contributed by atoms with E-state index in [2.05, 4.69) is 5.32 Å². The summed E-state index contributed by atoms with van der Waals surface area (Å²) >= 11 is 0. The largest absolute Gasteiger partial charge is 0.453 e. The Bertz CT molecular complexity index is 664. The molecule has 0 unspecified atom stereocenters. The summed E-state index contributed by atoms with van der Waals surface area (Å²) in [4.78, 5) is 25.0. The van der Waals surface area contributed by atoms with Crippen molar-refractivity contribution in [3.8, 4) is 0 Å². The minimum absolute atomic E-state index is 0.0379. The van der Waals surface area contributed by atoms with Gasteiger partial charge in [-0.25, -0.2) is 0 Å². The molecule has 0 aliphatic heterocycles. The van der Waals surface area contributed by atoms with Crippen LogP contribution < -0.4 is 5.32 Å². The molecule has 1 amide bonds. The zero-order valence-electron chi connectivity index (χ0n) is 16.4. The zero-order valence-corrected chi connectivity index (χ0v) is 16.4. The van der Waals surface area contributed by atoms with Gasteiger partial charge in [-0.2, -0.15) is 0 Å². The summed E-state index contributed by atoms with van der Waals surface area (Å²) in [7, 11) is 0. The highest BCUT2D eigenvalue weighted by Gasteiger charge is 2.51. The third kappa shape index (κ3) is 4.04. The van der Waals surface area contributed by atoms with Crippen LogP contribution >= 0.6 is 0 Å². The van der Waals surface area contributed by atoms with Gasteiger partial charge in [-0.15, -0.1) is 0 Å². The van der Waals surface area contributed by atoms with Crippen molar-refractivity contribution in [3.05, 3.63) is 35.9 Å². The first-order valence-corrected chi connectivity index (χ1v) is 10.5. The number of carbonyl (C=O) groups is 2. The molecule has 0 spiro atoms. The van der Waals surface area contributed by atoms with E-state index in [1.165, 1.54) is 19.3 Å². The van der Waals surface area contributed by atoms with Crippen molar-refractivity contribution in [3.63, 3.8) is 0 Å². The average molecular weight is 370 g/mol. The molecule has 0 saturated heterocycles. The SMILES string of the molecule is C[C@H](OC(=O)C[C@H](C)c1ccccc1)C(=O)NC12CC3CC(CC(C3)C1)C2. The first-order chi connectivity index (χ1) is 12.9. The Labute approximate surface area is 162 Å². The quantitative estimate of drug-likeness (QED) is 0.765. The molecule has 0 aromatic heterocycles. The molecule has 2 atom stereocenters. The fourth-order valence-corrected chi connectivity index (χ4v) is 6.07. The number of benzene rings is 1. The van der Waals surface area contributed by atoms with Crippen LogP contribution in [-0.4, -0.2) is 23.5 Å². The summed E-state index contributed by atoms with van der Waals surface area (Å²) in [5.74, 6) is 1.98. The molecule has 146 valence electrons. The molecule has 0 radical (unpaired) electrons. The lowest BCUT2D eigenvalue weighted by atomic mass is 9.53. The Hall–Kier alpha value is -1.84. The highest BCUT2D eigenvalue weighted by Crippen LogP contribution is 2.55. The second-order valence-corrected chi connectivity index (χ2v) is 9.34. The molecule has 0 heterocycles. The maximum Gasteiger partial charge on any atom is 0.307 e. The smallest absolute Gasteiger partial charge is 0.307 e. The van der Waals surface area contributed by atoms with Crippen molar-refractivity contribution in [2.75, 3.05) is 0 Å². The van der Waals surface area contributed by atoms with Gasteiger partial charge in [0, 0.05) is 5.54 Å². The number of nitrogens with one attached hydrogen (secondary N) is 1. The summed E-state index contributed by atoms with van der Waals surface area (Å²) in [6.45, 7) is 3.71. The highest BCUT2D eigenvalue weighted by molar-refractivity contribution is 5.84. The summed E-state index contributed by atoms with van der Waals surface area (Å²) in [5, 5.41) is 3.30. The third-order valence-electron chi connectivity index (χ3n) is 6.95. The summed E-state index contributed by atoms with van der Waals surface area (Å²) in [5.41, 5.74) is 1.07. The van der Waals surface area contributed by atoms with E-state index in [1.807, 2.05) is 37.3 Å². The normalized spacial score (nSPS) is 33.3. The van der Waals surface area contributed by atoms with Crippen LogP contribution in [0, 0.1) is 17.8 Å². The van der Waals surface area contributed by atoms with Gasteiger partial charge in [0.1, 0.15) is 0 Å². The fourth-order valence-electron chi connectivity index (χ4n) is 6.07. The lowest BCUT2D eigenvalue weighted by Crippen LogP contribution is -2.61. The minimum Gasteiger partial charge on any atom is -0.453 e. The number of hydrogen-bond acceptors (Lipinski definition) is 3. The minimum atomic E-state index is -0.728. The number of hydrogen-bond donors (Lipinski definition) is 1. The maximum absolute atomic E-state index is 12.7. The predicted molar refractivity (Wildman–Crippen MR) is 104 cm³/mol. The van der Waals surface area contributed by atoms with E-state index in [0.29, 0.717) is 6.42 Å². The molecular weight excluding hydrogens is 338 g/mol. The summed E-state index contributed by atoms with van der Waals surface area (Å²) in [6.07, 6.45) is 6.92. The van der Waals surface area contributed by atoms with Crippen LogP contribution in [-0.2, 0) is 14.3 Å². The molecule has 4 bridgehead atoms. The van der Waals surface area contributed by atoms with Crippen molar-refractivity contribution < 1.29 is 14.3 Å². The average Bonchev–Trinajstić information content (AvgIpc) is 2.60. The molecule has 4 aliphatic rings. The number of ether oxygens (including phenoxy) is 1. The van der Waals surface area contributed by atoms with Crippen LogP contribution in [0.1, 0.15) is 70.3 Å². The van der Waals surface area contributed by atoms with E-state index in [4.69, 9.17) is 4.74 Å². The third-order valence-corrected chi connectivity index (χ3v) is 6.95. The van der Waals surface area contributed by atoms with E-state index in [-0.39, 0.29) is 23.3 Å². The van der Waals surface area contributed by atoms with Crippen LogP contribution in [0.5, 0.6) is 0 Å². The molecule has 4 fully saturated rings. The van der Waals surface area contributed by atoms with Gasteiger partial charge in [0.2, 0.25) is 0 Å². The molecule has 4 aliphatic carbocycles. The van der Waals surface area contributed by atoms with Gasteiger partial charge < -0.3 is 10.1 Å². The van der Waals surface area contributed by atoms with Crippen molar-refractivity contribution in [1.82, 2.24) is 5.32 Å². The predicted octanol–water partition coefficient (Wildman–Crippen LogP) is 4.20. The first kappa shape index (κ1) is 18.5. The van der Waals surface area contributed by atoms with E-state index < -0.39 is 6.10 Å². The molecule has 27 heavy (non-hydrogen) atoms. The van der Waals surface area contributed by atoms with Gasteiger partial charge >= 0.3 is 5.97 Å². The van der Waals surface area contributed by atoms with E-state index in [0.717, 1.165) is 42.6 Å². The molecule has 4 nitrogen and oxygen atoms in total. The topological polar surface area (TPSA) is 55.4 Å². The van der Waals surface area contributed by atoms with E-state index >= 15 is 0 Å². The molecule has 4 heteroatoms. The van der Waals surface area contributed by atoms with Gasteiger partial charge in [-0.05, 0) is 74.7 Å². The molecule has 4 saturated carbocycles. The second kappa shape index (κ2) is 7.29. The van der Waals surface area contributed by atoms with Crippen molar-refractivity contribution in [2.45, 2.75) is 76.4 Å². The molecule has 1 aromatic rings. The summed E-state index contributed by atoms with van der Waals surface area (Å²) < 4.78 is 5.47. The Morgan fingerprint density at radius 2 is 1.59 bits per heavy atom. The molecule has 1 N–H and O–H groups in total. The Kier molecular flexibility index (Phi) is 5.00. The second-order valence-electron chi connectivity index (χ2n) is 9.34. The van der Waals surface area contributed by atoms with Crippen LogP contribution in [0.2, 0.25) is 0 Å². The van der Waals surface area contributed by atoms with Crippen molar-refractivity contribution >= 4 is 11.9 Å². The van der Waals surface area contributed by atoms with Gasteiger partial charge in [0.15, 0.2) is 6.10 Å². The number of amides is 1. The van der Waals surface area contributed by atoms with Crippen LogP contribution in [0.15, 0.2) is 30.3 Å². The standard InChI is InChI=1S/C23H31NO3/c1-15(20-6-4-3-5-7-20)8-21(25)27-16(2)22(26)24-23-12-17-9-18(13-23)11-19(10-17)14-23/h3-7,15-19H,8-14H2,1-2H3,(H,24,26)/t15-,16-,17?,18?,19?,23?/m0/s1. The van der Waals surface area contributed by atoms with E-state index in [1.54, 1.807) is 6.92 Å². The van der Waals surface area contributed by atoms with Gasteiger partial charge in [0.05, 0.1) is 6.42 Å². The Balaban J connectivity index is 1.30. The molecule has 1 aromatic carbocycles. The highest BCUT2D eigenvalue weighted by atomic mass is 16.5. The fraction of sp³-hybridized carbons (Fsp3) is 0.652. The Morgan fingerprint density at radius 3 is 2.15 bits per heavy atom. The lowest BCUT2D eigenvalue weighted by molar-refractivity contribution is -0.157. The number of esters is 1. The monoisotopic (exact) mass is 369 g/mol. The number of rotatable bonds is 6. The zero-order chi connectivity index (χ0) is 19.0. The maximum atomic E-state index is 12.7. The molecular formula is C23H31NO3. The van der Waals surface area contributed by atoms with Crippen molar-refractivity contribution in [1.29, 1.82) is 0 Å². The van der Waals surface area contributed by atoms with E-state index in [9.17, 15) is 9.59 Å². The van der Waals surface area contributed by atoms with Gasteiger partial charge in [-0.1, -0.05) is 37.3 Å². The lowest BCUT2D eigenvalue weighted by Gasteiger charge is -2.57. The molecule has 5 rings (SSSR count). The van der Waals surface area contributed by atoms with Crippen LogP contribution in [0.3, 0.4) is 0 Å².